The molecule has 3 aromatic heterocycles. The van der Waals surface area contributed by atoms with Crippen molar-refractivity contribution in [1.29, 1.82) is 0 Å². The van der Waals surface area contributed by atoms with Crippen molar-refractivity contribution >= 4 is 28.4 Å². The quantitative estimate of drug-likeness (QED) is 0.794. The molecule has 0 radical (unpaired) electrons. The molecule has 0 aliphatic carbocycles. The van der Waals surface area contributed by atoms with Gasteiger partial charge in [0.25, 0.3) is 5.56 Å². The first-order valence-corrected chi connectivity index (χ1v) is 7.43. The number of nitrogen functional groups attached to an aromatic ring is 1. The Bertz CT molecular complexity index is 940. The number of pyridine rings is 2. The maximum absolute atomic E-state index is 12.0. The molecule has 0 aromatic carbocycles. The monoisotopic (exact) mass is 312 g/mol. The number of aryl methyl sites for hydroxylation is 3. The van der Waals surface area contributed by atoms with Gasteiger partial charge in [-0.3, -0.25) is 4.79 Å². The Balaban J connectivity index is 2.17. The predicted molar refractivity (Wildman–Crippen MR) is 92.0 cm³/mol. The van der Waals surface area contributed by atoms with Gasteiger partial charge in [-0.15, -0.1) is 0 Å². The molecule has 0 amide bonds. The fourth-order valence-electron chi connectivity index (χ4n) is 2.69. The Labute approximate surface area is 134 Å². The zero-order valence-electron chi connectivity index (χ0n) is 13.7. The smallest absolute Gasteiger partial charge is 0.252 e. The Kier molecular flexibility index (Phi) is 3.55. The first kappa shape index (κ1) is 15.1. The summed E-state index contributed by atoms with van der Waals surface area (Å²) in [6.45, 7) is 2.06. The SMILES string of the molecule is CCc1cn(C)c(=O)cc1N(C)c1cc2c(ncn2C)c(N)n1. The van der Waals surface area contributed by atoms with Crippen LogP contribution in [0, 0.1) is 0 Å². The van der Waals surface area contributed by atoms with Crippen LogP contribution in [0.25, 0.3) is 11.0 Å². The van der Waals surface area contributed by atoms with Crippen LogP contribution in [-0.2, 0) is 20.5 Å². The van der Waals surface area contributed by atoms with E-state index >= 15 is 0 Å². The molecular weight excluding hydrogens is 292 g/mol. The molecule has 3 aromatic rings. The molecule has 7 heteroatoms. The fourth-order valence-corrected chi connectivity index (χ4v) is 2.69. The Morgan fingerprint density at radius 1 is 1.26 bits per heavy atom. The van der Waals surface area contributed by atoms with E-state index in [9.17, 15) is 4.79 Å². The molecule has 0 fully saturated rings. The molecule has 3 heterocycles. The van der Waals surface area contributed by atoms with Gasteiger partial charge in [0.05, 0.1) is 17.5 Å². The van der Waals surface area contributed by atoms with Gasteiger partial charge in [-0.25, -0.2) is 9.97 Å². The van der Waals surface area contributed by atoms with Gasteiger partial charge < -0.3 is 19.8 Å². The van der Waals surface area contributed by atoms with Crippen molar-refractivity contribution in [2.45, 2.75) is 13.3 Å². The van der Waals surface area contributed by atoms with Crippen molar-refractivity contribution in [2.24, 2.45) is 14.1 Å². The maximum atomic E-state index is 12.0. The van der Waals surface area contributed by atoms with Crippen molar-refractivity contribution in [3.63, 3.8) is 0 Å². The molecule has 0 aliphatic heterocycles. The molecule has 0 unspecified atom stereocenters. The lowest BCUT2D eigenvalue weighted by atomic mass is 10.1. The first-order chi connectivity index (χ1) is 10.9. The molecule has 2 N–H and O–H groups in total. The number of fused-ring (bicyclic) bond motifs is 1. The number of nitrogens with zero attached hydrogens (tertiary/aromatic N) is 5. The van der Waals surface area contributed by atoms with Gasteiger partial charge >= 0.3 is 0 Å². The Morgan fingerprint density at radius 3 is 2.70 bits per heavy atom. The van der Waals surface area contributed by atoms with Crippen molar-refractivity contribution in [1.82, 2.24) is 19.1 Å². The van der Waals surface area contributed by atoms with Gasteiger partial charge in [0.2, 0.25) is 0 Å². The lowest BCUT2D eigenvalue weighted by Gasteiger charge is -2.22. The van der Waals surface area contributed by atoms with Crippen LogP contribution in [-0.4, -0.2) is 26.1 Å². The van der Waals surface area contributed by atoms with E-state index in [-0.39, 0.29) is 5.56 Å². The third-order valence-corrected chi connectivity index (χ3v) is 4.10. The first-order valence-electron chi connectivity index (χ1n) is 7.43. The van der Waals surface area contributed by atoms with Crippen LogP contribution < -0.4 is 16.2 Å². The second-order valence-corrected chi connectivity index (χ2v) is 5.63. The highest BCUT2D eigenvalue weighted by atomic mass is 16.1. The largest absolute Gasteiger partial charge is 0.382 e. The molecule has 0 saturated carbocycles. The van der Waals surface area contributed by atoms with E-state index in [1.165, 1.54) is 0 Å². The van der Waals surface area contributed by atoms with E-state index in [0.717, 1.165) is 23.2 Å². The van der Waals surface area contributed by atoms with Gasteiger partial charge in [-0.1, -0.05) is 6.92 Å². The summed E-state index contributed by atoms with van der Waals surface area (Å²) in [6, 6.07) is 3.56. The van der Waals surface area contributed by atoms with Crippen LogP contribution in [0.3, 0.4) is 0 Å². The van der Waals surface area contributed by atoms with Gasteiger partial charge in [-0.05, 0) is 12.0 Å². The van der Waals surface area contributed by atoms with Crippen molar-refractivity contribution in [3.8, 4) is 0 Å². The van der Waals surface area contributed by atoms with Crippen LogP contribution in [0.15, 0.2) is 29.5 Å². The van der Waals surface area contributed by atoms with E-state index in [2.05, 4.69) is 16.9 Å². The molecule has 3 rings (SSSR count). The lowest BCUT2D eigenvalue weighted by molar-refractivity contribution is 0.838. The van der Waals surface area contributed by atoms with Crippen LogP contribution in [0.4, 0.5) is 17.3 Å². The molecule has 23 heavy (non-hydrogen) atoms. The van der Waals surface area contributed by atoms with E-state index in [0.29, 0.717) is 17.2 Å². The minimum absolute atomic E-state index is 0.0568. The second kappa shape index (κ2) is 5.42. The predicted octanol–water partition coefficient (Wildman–Crippen LogP) is 1.58. The topological polar surface area (TPSA) is 82.0 Å². The number of imidazole rings is 1. The van der Waals surface area contributed by atoms with Crippen LogP contribution in [0.1, 0.15) is 12.5 Å². The standard InChI is InChI=1S/C16H20N6O/c1-5-10-8-20(2)14(23)7-11(10)22(4)13-6-12-15(16(17)19-13)18-9-21(12)3/h6-9H,5H2,1-4H3,(H2,17,19). The molecule has 120 valence electrons. The van der Waals surface area contributed by atoms with E-state index < -0.39 is 0 Å². The zero-order chi connectivity index (χ0) is 16.7. The molecule has 7 nitrogen and oxygen atoms in total. The average molecular weight is 312 g/mol. The molecule has 0 spiro atoms. The molecule has 0 bridgehead atoms. The van der Waals surface area contributed by atoms with Crippen LogP contribution in [0.5, 0.6) is 0 Å². The average Bonchev–Trinajstić information content (AvgIpc) is 2.91. The molecule has 0 saturated heterocycles. The van der Waals surface area contributed by atoms with Crippen LogP contribution in [0.2, 0.25) is 0 Å². The summed E-state index contributed by atoms with van der Waals surface area (Å²) in [7, 11) is 5.55. The minimum atomic E-state index is -0.0568. The second-order valence-electron chi connectivity index (χ2n) is 5.63. The number of hydrogen-bond acceptors (Lipinski definition) is 5. The van der Waals surface area contributed by atoms with Gasteiger partial charge in [0.15, 0.2) is 5.82 Å². The number of hydrogen-bond donors (Lipinski definition) is 1. The highest BCUT2D eigenvalue weighted by Gasteiger charge is 2.15. The highest BCUT2D eigenvalue weighted by molar-refractivity contribution is 5.88. The fraction of sp³-hybridized carbons (Fsp3) is 0.312. The van der Waals surface area contributed by atoms with E-state index in [1.807, 2.05) is 35.8 Å². The zero-order valence-corrected chi connectivity index (χ0v) is 13.7. The summed E-state index contributed by atoms with van der Waals surface area (Å²) in [4.78, 5) is 22.6. The minimum Gasteiger partial charge on any atom is -0.382 e. The van der Waals surface area contributed by atoms with Crippen LogP contribution >= 0.6 is 0 Å². The summed E-state index contributed by atoms with van der Waals surface area (Å²) in [6.07, 6.45) is 4.39. The maximum Gasteiger partial charge on any atom is 0.252 e. The summed E-state index contributed by atoms with van der Waals surface area (Å²) in [5, 5.41) is 0. The summed E-state index contributed by atoms with van der Waals surface area (Å²) >= 11 is 0. The summed E-state index contributed by atoms with van der Waals surface area (Å²) in [5.74, 6) is 1.06. The van der Waals surface area contributed by atoms with E-state index in [4.69, 9.17) is 5.73 Å². The van der Waals surface area contributed by atoms with Crippen molar-refractivity contribution < 1.29 is 0 Å². The van der Waals surface area contributed by atoms with Crippen molar-refractivity contribution in [2.75, 3.05) is 17.7 Å². The summed E-state index contributed by atoms with van der Waals surface area (Å²) in [5.41, 5.74) is 9.47. The molecular formula is C16H20N6O. The Hall–Kier alpha value is -2.83. The number of aromatic nitrogens is 4. The van der Waals surface area contributed by atoms with Crippen molar-refractivity contribution in [3.05, 3.63) is 40.6 Å². The third kappa shape index (κ3) is 2.44. The number of rotatable bonds is 3. The van der Waals surface area contributed by atoms with Gasteiger partial charge in [-0.2, -0.15) is 0 Å². The third-order valence-electron chi connectivity index (χ3n) is 4.10. The lowest BCUT2D eigenvalue weighted by Crippen LogP contribution is -2.21. The molecule has 0 aliphatic rings. The van der Waals surface area contributed by atoms with Gasteiger partial charge in [0.1, 0.15) is 11.3 Å². The number of nitrogens with two attached hydrogens (primary N) is 1. The highest BCUT2D eigenvalue weighted by Crippen LogP contribution is 2.29. The number of anilines is 3. The summed E-state index contributed by atoms with van der Waals surface area (Å²) < 4.78 is 3.48. The molecule has 0 atom stereocenters. The van der Waals surface area contributed by atoms with Gasteiger partial charge in [0, 0.05) is 39.5 Å². The Morgan fingerprint density at radius 2 is 2.00 bits per heavy atom. The normalized spacial score (nSPS) is 11.1. The van der Waals surface area contributed by atoms with E-state index in [1.54, 1.807) is 24.0 Å².